The molecule has 1 rings (SSSR count). The average molecular weight is 285 g/mol. The molecule has 1 aromatic rings. The summed E-state index contributed by atoms with van der Waals surface area (Å²) in [6.07, 6.45) is 3.63. The number of hydrogen-bond donors (Lipinski definition) is 1. The van der Waals surface area contributed by atoms with Gasteiger partial charge < -0.3 is 5.32 Å². The third kappa shape index (κ3) is 3.78. The fourth-order valence-electron chi connectivity index (χ4n) is 1.99. The van der Waals surface area contributed by atoms with Crippen LogP contribution in [0.4, 0.5) is 5.69 Å². The average Bonchev–Trinajstić information content (AvgIpc) is 2.20. The molecule has 0 atom stereocenters. The van der Waals surface area contributed by atoms with E-state index in [2.05, 4.69) is 53.9 Å². The van der Waals surface area contributed by atoms with Crippen molar-refractivity contribution in [1.82, 2.24) is 4.98 Å². The smallest absolute Gasteiger partial charge is 0.0590 e. The lowest BCUT2D eigenvalue weighted by atomic mass is 9.85. The summed E-state index contributed by atoms with van der Waals surface area (Å²) in [6.45, 7) is 10.2. The van der Waals surface area contributed by atoms with Crippen molar-refractivity contribution in [3.05, 3.63) is 22.9 Å². The maximum absolute atomic E-state index is 4.06. The molecule has 0 saturated carbocycles. The normalized spacial score (nSPS) is 11.5. The standard InChI is InChI=1S/C13H21BrN2/c1-9(2)11(10(3)4)7-16-13-5-6-15-8-12(13)14/h5-6,8-11H,7H2,1-4H3,(H,15,16). The summed E-state index contributed by atoms with van der Waals surface area (Å²) >= 11 is 3.50. The zero-order valence-electron chi connectivity index (χ0n) is 10.5. The summed E-state index contributed by atoms with van der Waals surface area (Å²) in [4.78, 5) is 4.06. The molecule has 0 spiro atoms. The van der Waals surface area contributed by atoms with Crippen molar-refractivity contribution < 1.29 is 0 Å². The molecule has 0 aromatic carbocycles. The number of aromatic nitrogens is 1. The second-order valence-corrected chi connectivity index (χ2v) is 5.74. The third-order valence-corrected chi connectivity index (χ3v) is 3.65. The summed E-state index contributed by atoms with van der Waals surface area (Å²) < 4.78 is 1.03. The minimum absolute atomic E-state index is 0.695. The van der Waals surface area contributed by atoms with Crippen LogP contribution >= 0.6 is 15.9 Å². The molecule has 0 radical (unpaired) electrons. The van der Waals surface area contributed by atoms with E-state index in [1.807, 2.05) is 18.5 Å². The maximum atomic E-state index is 4.06. The molecule has 1 heterocycles. The van der Waals surface area contributed by atoms with Gasteiger partial charge in [-0.3, -0.25) is 4.98 Å². The molecule has 0 bridgehead atoms. The molecule has 1 N–H and O–H groups in total. The van der Waals surface area contributed by atoms with Crippen LogP contribution in [-0.2, 0) is 0 Å². The van der Waals surface area contributed by atoms with Crippen LogP contribution in [0.2, 0.25) is 0 Å². The van der Waals surface area contributed by atoms with Gasteiger partial charge in [-0.2, -0.15) is 0 Å². The lowest BCUT2D eigenvalue weighted by Crippen LogP contribution is -2.24. The first-order valence-electron chi connectivity index (χ1n) is 5.85. The van der Waals surface area contributed by atoms with Gasteiger partial charge in [-0.05, 0) is 39.8 Å². The highest BCUT2D eigenvalue weighted by Crippen LogP contribution is 2.24. The fourth-order valence-corrected chi connectivity index (χ4v) is 2.38. The Hall–Kier alpha value is -0.570. The van der Waals surface area contributed by atoms with E-state index in [-0.39, 0.29) is 0 Å². The first kappa shape index (κ1) is 13.5. The Balaban J connectivity index is 2.59. The molecular formula is C13H21BrN2. The number of pyridine rings is 1. The molecule has 90 valence electrons. The Morgan fingerprint density at radius 2 is 1.88 bits per heavy atom. The van der Waals surface area contributed by atoms with Crippen LogP contribution in [0.5, 0.6) is 0 Å². The van der Waals surface area contributed by atoms with Gasteiger partial charge in [0.05, 0.1) is 10.2 Å². The molecule has 0 aliphatic carbocycles. The lowest BCUT2D eigenvalue weighted by Gasteiger charge is -2.25. The number of anilines is 1. The molecule has 16 heavy (non-hydrogen) atoms. The highest BCUT2D eigenvalue weighted by molar-refractivity contribution is 9.10. The van der Waals surface area contributed by atoms with Gasteiger partial charge >= 0.3 is 0 Å². The first-order valence-corrected chi connectivity index (χ1v) is 6.65. The van der Waals surface area contributed by atoms with Crippen molar-refractivity contribution in [2.75, 3.05) is 11.9 Å². The quantitative estimate of drug-likeness (QED) is 0.877. The van der Waals surface area contributed by atoms with E-state index in [1.165, 1.54) is 0 Å². The number of rotatable bonds is 5. The van der Waals surface area contributed by atoms with E-state index in [0.29, 0.717) is 17.8 Å². The minimum Gasteiger partial charge on any atom is -0.384 e. The molecule has 0 fully saturated rings. The molecule has 3 heteroatoms. The predicted molar refractivity (Wildman–Crippen MR) is 73.6 cm³/mol. The van der Waals surface area contributed by atoms with E-state index >= 15 is 0 Å². The largest absolute Gasteiger partial charge is 0.384 e. The topological polar surface area (TPSA) is 24.9 Å². The van der Waals surface area contributed by atoms with E-state index in [0.717, 1.165) is 16.7 Å². The predicted octanol–water partition coefficient (Wildman–Crippen LogP) is 4.18. The van der Waals surface area contributed by atoms with Crippen molar-refractivity contribution in [3.8, 4) is 0 Å². The summed E-state index contributed by atoms with van der Waals surface area (Å²) in [5.41, 5.74) is 1.13. The van der Waals surface area contributed by atoms with Gasteiger partial charge in [-0.25, -0.2) is 0 Å². The molecule has 0 saturated heterocycles. The zero-order chi connectivity index (χ0) is 12.1. The summed E-state index contributed by atoms with van der Waals surface area (Å²) in [5, 5.41) is 3.49. The Morgan fingerprint density at radius 1 is 1.25 bits per heavy atom. The molecule has 2 nitrogen and oxygen atoms in total. The van der Waals surface area contributed by atoms with Gasteiger partial charge in [0.2, 0.25) is 0 Å². The number of nitrogens with zero attached hydrogens (tertiary/aromatic N) is 1. The Morgan fingerprint density at radius 3 is 2.38 bits per heavy atom. The van der Waals surface area contributed by atoms with Crippen LogP contribution in [0, 0.1) is 17.8 Å². The second kappa shape index (κ2) is 6.24. The molecule has 0 aliphatic heterocycles. The van der Waals surface area contributed by atoms with Gasteiger partial charge in [0, 0.05) is 18.9 Å². The van der Waals surface area contributed by atoms with Gasteiger partial charge in [-0.1, -0.05) is 27.7 Å². The molecule has 0 aliphatic rings. The second-order valence-electron chi connectivity index (χ2n) is 4.89. The number of nitrogens with one attached hydrogen (secondary N) is 1. The van der Waals surface area contributed by atoms with Crippen LogP contribution in [0.15, 0.2) is 22.9 Å². The van der Waals surface area contributed by atoms with E-state index in [1.54, 1.807) is 0 Å². The third-order valence-electron chi connectivity index (χ3n) is 3.01. The molecule has 1 aromatic heterocycles. The van der Waals surface area contributed by atoms with E-state index in [9.17, 15) is 0 Å². The van der Waals surface area contributed by atoms with Crippen molar-refractivity contribution in [3.63, 3.8) is 0 Å². The van der Waals surface area contributed by atoms with Gasteiger partial charge in [0.15, 0.2) is 0 Å². The maximum Gasteiger partial charge on any atom is 0.0590 e. The van der Waals surface area contributed by atoms with Crippen LogP contribution in [-0.4, -0.2) is 11.5 Å². The zero-order valence-corrected chi connectivity index (χ0v) is 12.1. The minimum atomic E-state index is 0.695. The molecule has 0 unspecified atom stereocenters. The van der Waals surface area contributed by atoms with Crippen LogP contribution in [0.1, 0.15) is 27.7 Å². The van der Waals surface area contributed by atoms with Crippen molar-refractivity contribution in [2.45, 2.75) is 27.7 Å². The van der Waals surface area contributed by atoms with Crippen LogP contribution in [0.25, 0.3) is 0 Å². The van der Waals surface area contributed by atoms with Crippen LogP contribution < -0.4 is 5.32 Å². The fraction of sp³-hybridized carbons (Fsp3) is 0.615. The van der Waals surface area contributed by atoms with Crippen molar-refractivity contribution >= 4 is 21.6 Å². The molecule has 0 amide bonds. The highest BCUT2D eigenvalue weighted by Gasteiger charge is 2.17. The van der Waals surface area contributed by atoms with Crippen molar-refractivity contribution in [1.29, 1.82) is 0 Å². The Bertz CT molecular complexity index is 315. The summed E-state index contributed by atoms with van der Waals surface area (Å²) in [5.74, 6) is 2.10. The van der Waals surface area contributed by atoms with Gasteiger partial charge in [-0.15, -0.1) is 0 Å². The van der Waals surface area contributed by atoms with E-state index < -0.39 is 0 Å². The van der Waals surface area contributed by atoms with Crippen LogP contribution in [0.3, 0.4) is 0 Å². The SMILES string of the molecule is CC(C)C(CNc1ccncc1Br)C(C)C. The Labute approximate surface area is 107 Å². The van der Waals surface area contributed by atoms with Gasteiger partial charge in [0.25, 0.3) is 0 Å². The summed E-state index contributed by atoms with van der Waals surface area (Å²) in [7, 11) is 0. The highest BCUT2D eigenvalue weighted by atomic mass is 79.9. The summed E-state index contributed by atoms with van der Waals surface area (Å²) in [6, 6.07) is 2.00. The lowest BCUT2D eigenvalue weighted by molar-refractivity contribution is 0.304. The monoisotopic (exact) mass is 284 g/mol. The first-order chi connectivity index (χ1) is 7.52. The van der Waals surface area contributed by atoms with Crippen molar-refractivity contribution in [2.24, 2.45) is 17.8 Å². The number of halogens is 1. The Kier molecular flexibility index (Phi) is 5.26. The number of hydrogen-bond acceptors (Lipinski definition) is 2. The molecular weight excluding hydrogens is 264 g/mol. The van der Waals surface area contributed by atoms with E-state index in [4.69, 9.17) is 0 Å². The van der Waals surface area contributed by atoms with Gasteiger partial charge in [0.1, 0.15) is 0 Å².